The molecule has 1 saturated heterocycles. The molecule has 0 unspecified atom stereocenters. The van der Waals surface area contributed by atoms with Crippen LogP contribution in [0.1, 0.15) is 35.3 Å². The van der Waals surface area contributed by atoms with Crippen molar-refractivity contribution in [1.82, 2.24) is 15.3 Å². The normalized spacial score (nSPS) is 14.5. The van der Waals surface area contributed by atoms with Gasteiger partial charge in [-0.05, 0) is 37.5 Å². The number of hydrogen-bond acceptors (Lipinski definition) is 4. The molecule has 0 atom stereocenters. The molecule has 0 radical (unpaired) electrons. The standard InChI is InChI=1S/C17H18F2N4O/c18-13-5-4-6-14(19)15(13)16(24)21-11-12-7-8-20-17(22-12)23-9-2-1-3-10-23/h4-8H,1-3,9-11H2,(H,21,24). The van der Waals surface area contributed by atoms with Crippen molar-refractivity contribution in [3.63, 3.8) is 0 Å². The minimum absolute atomic E-state index is 0.0793. The summed E-state index contributed by atoms with van der Waals surface area (Å²) in [5, 5.41) is 2.50. The fourth-order valence-corrected chi connectivity index (χ4v) is 2.70. The summed E-state index contributed by atoms with van der Waals surface area (Å²) in [6, 6.07) is 5.00. The first-order chi connectivity index (χ1) is 11.6. The van der Waals surface area contributed by atoms with Gasteiger partial charge >= 0.3 is 0 Å². The summed E-state index contributed by atoms with van der Waals surface area (Å²) in [5.41, 5.74) is 0.0125. The molecule has 1 aliphatic rings. The monoisotopic (exact) mass is 332 g/mol. The van der Waals surface area contributed by atoms with Gasteiger partial charge in [-0.15, -0.1) is 0 Å². The minimum atomic E-state index is -0.885. The Labute approximate surface area is 138 Å². The Kier molecular flexibility index (Phi) is 4.98. The van der Waals surface area contributed by atoms with Gasteiger partial charge in [0.05, 0.1) is 12.2 Å². The van der Waals surface area contributed by atoms with Crippen LogP contribution in [0.5, 0.6) is 0 Å². The average molecular weight is 332 g/mol. The number of benzene rings is 1. The quantitative estimate of drug-likeness (QED) is 0.935. The van der Waals surface area contributed by atoms with Gasteiger partial charge in [0.15, 0.2) is 0 Å². The molecule has 1 aliphatic heterocycles. The van der Waals surface area contributed by atoms with Crippen molar-refractivity contribution in [2.24, 2.45) is 0 Å². The molecule has 1 aromatic heterocycles. The summed E-state index contributed by atoms with van der Waals surface area (Å²) >= 11 is 0. The van der Waals surface area contributed by atoms with Gasteiger partial charge in [-0.1, -0.05) is 6.07 Å². The molecule has 1 amide bonds. The van der Waals surface area contributed by atoms with Crippen LogP contribution in [-0.4, -0.2) is 29.0 Å². The van der Waals surface area contributed by atoms with Gasteiger partial charge in [-0.3, -0.25) is 4.79 Å². The molecule has 0 spiro atoms. The number of carbonyl (C=O) groups excluding carboxylic acids is 1. The Morgan fingerprint density at radius 3 is 2.54 bits per heavy atom. The first-order valence-electron chi connectivity index (χ1n) is 7.94. The topological polar surface area (TPSA) is 58.1 Å². The minimum Gasteiger partial charge on any atom is -0.346 e. The highest BCUT2D eigenvalue weighted by Crippen LogP contribution is 2.16. The number of nitrogens with zero attached hydrogens (tertiary/aromatic N) is 3. The Bertz CT molecular complexity index is 712. The number of anilines is 1. The molecule has 24 heavy (non-hydrogen) atoms. The first-order valence-corrected chi connectivity index (χ1v) is 7.94. The van der Waals surface area contributed by atoms with E-state index in [-0.39, 0.29) is 6.54 Å². The van der Waals surface area contributed by atoms with Gasteiger partial charge in [0.2, 0.25) is 5.95 Å². The van der Waals surface area contributed by atoms with Gasteiger partial charge < -0.3 is 10.2 Å². The Hall–Kier alpha value is -2.57. The summed E-state index contributed by atoms with van der Waals surface area (Å²) in [7, 11) is 0. The number of nitrogens with one attached hydrogen (secondary N) is 1. The van der Waals surface area contributed by atoms with Gasteiger partial charge in [-0.25, -0.2) is 18.7 Å². The Morgan fingerprint density at radius 2 is 1.83 bits per heavy atom. The maximum absolute atomic E-state index is 13.6. The maximum atomic E-state index is 13.6. The van der Waals surface area contributed by atoms with Crippen LogP contribution in [0.3, 0.4) is 0 Å². The number of rotatable bonds is 4. The van der Waals surface area contributed by atoms with E-state index in [1.165, 1.54) is 12.5 Å². The third-order valence-electron chi connectivity index (χ3n) is 3.96. The fraction of sp³-hybridized carbons (Fsp3) is 0.353. The highest BCUT2D eigenvalue weighted by atomic mass is 19.1. The predicted molar refractivity (Wildman–Crippen MR) is 85.6 cm³/mol. The lowest BCUT2D eigenvalue weighted by atomic mass is 10.1. The highest BCUT2D eigenvalue weighted by Gasteiger charge is 2.17. The first kappa shape index (κ1) is 16.3. The van der Waals surface area contributed by atoms with Crippen molar-refractivity contribution >= 4 is 11.9 Å². The zero-order valence-corrected chi connectivity index (χ0v) is 13.1. The molecular formula is C17H18F2N4O. The van der Waals surface area contributed by atoms with Crippen LogP contribution in [0.4, 0.5) is 14.7 Å². The second kappa shape index (κ2) is 7.33. The lowest BCUT2D eigenvalue weighted by Gasteiger charge is -2.26. The molecular weight excluding hydrogens is 314 g/mol. The maximum Gasteiger partial charge on any atom is 0.257 e. The number of amides is 1. The van der Waals surface area contributed by atoms with Crippen molar-refractivity contribution in [2.45, 2.75) is 25.8 Å². The van der Waals surface area contributed by atoms with E-state index in [1.807, 2.05) is 0 Å². The van der Waals surface area contributed by atoms with E-state index < -0.39 is 23.1 Å². The van der Waals surface area contributed by atoms with E-state index in [9.17, 15) is 13.6 Å². The molecule has 3 rings (SSSR count). The number of aromatic nitrogens is 2. The summed E-state index contributed by atoms with van der Waals surface area (Å²) in [5.74, 6) is -1.95. The van der Waals surface area contributed by atoms with Crippen LogP contribution in [0.15, 0.2) is 30.5 Å². The van der Waals surface area contributed by atoms with Crippen molar-refractivity contribution in [3.8, 4) is 0 Å². The second-order valence-corrected chi connectivity index (χ2v) is 5.68. The molecule has 2 aromatic rings. The molecule has 0 saturated carbocycles. The van der Waals surface area contributed by atoms with Crippen LogP contribution < -0.4 is 10.2 Å². The van der Waals surface area contributed by atoms with Gasteiger partial charge in [0.25, 0.3) is 5.91 Å². The number of piperidine rings is 1. The van der Waals surface area contributed by atoms with Gasteiger partial charge in [-0.2, -0.15) is 0 Å². The zero-order chi connectivity index (χ0) is 16.9. The van der Waals surface area contributed by atoms with Crippen molar-refractivity contribution in [1.29, 1.82) is 0 Å². The predicted octanol–water partition coefficient (Wildman–Crippen LogP) is 2.68. The van der Waals surface area contributed by atoms with Crippen LogP contribution in [-0.2, 0) is 6.54 Å². The largest absolute Gasteiger partial charge is 0.346 e. The Balaban J connectivity index is 1.67. The van der Waals surface area contributed by atoms with E-state index in [2.05, 4.69) is 20.2 Å². The molecule has 5 nitrogen and oxygen atoms in total. The third-order valence-corrected chi connectivity index (χ3v) is 3.96. The zero-order valence-electron chi connectivity index (χ0n) is 13.1. The van der Waals surface area contributed by atoms with Crippen LogP contribution >= 0.6 is 0 Å². The lowest BCUT2D eigenvalue weighted by Crippen LogP contribution is -2.31. The van der Waals surface area contributed by atoms with Gasteiger partial charge in [0.1, 0.15) is 17.2 Å². The van der Waals surface area contributed by atoms with Crippen molar-refractivity contribution in [3.05, 3.63) is 53.4 Å². The molecule has 0 bridgehead atoms. The van der Waals surface area contributed by atoms with E-state index in [1.54, 1.807) is 12.3 Å². The molecule has 1 aromatic carbocycles. The molecule has 1 fully saturated rings. The third kappa shape index (κ3) is 3.67. The van der Waals surface area contributed by atoms with Crippen LogP contribution in [0.25, 0.3) is 0 Å². The van der Waals surface area contributed by atoms with E-state index in [0.717, 1.165) is 38.1 Å². The van der Waals surface area contributed by atoms with E-state index in [4.69, 9.17) is 0 Å². The highest BCUT2D eigenvalue weighted by molar-refractivity contribution is 5.94. The SMILES string of the molecule is O=C(NCc1ccnc(N2CCCCC2)n1)c1c(F)cccc1F. The number of hydrogen-bond donors (Lipinski definition) is 1. The van der Waals surface area contributed by atoms with Crippen LogP contribution in [0, 0.1) is 11.6 Å². The summed E-state index contributed by atoms with van der Waals surface area (Å²) in [6.07, 6.45) is 5.05. The van der Waals surface area contributed by atoms with Crippen LogP contribution in [0.2, 0.25) is 0 Å². The molecule has 0 aliphatic carbocycles. The number of halogens is 2. The summed E-state index contributed by atoms with van der Waals surface area (Å²) in [4.78, 5) is 22.8. The number of carbonyl (C=O) groups is 1. The molecule has 2 heterocycles. The van der Waals surface area contributed by atoms with E-state index in [0.29, 0.717) is 11.6 Å². The molecule has 126 valence electrons. The van der Waals surface area contributed by atoms with Crippen molar-refractivity contribution < 1.29 is 13.6 Å². The fourth-order valence-electron chi connectivity index (χ4n) is 2.70. The summed E-state index contributed by atoms with van der Waals surface area (Å²) < 4.78 is 27.2. The smallest absolute Gasteiger partial charge is 0.257 e. The molecule has 7 heteroatoms. The molecule has 1 N–H and O–H groups in total. The van der Waals surface area contributed by atoms with E-state index >= 15 is 0 Å². The Morgan fingerprint density at radius 1 is 1.12 bits per heavy atom. The van der Waals surface area contributed by atoms with Crippen molar-refractivity contribution in [2.75, 3.05) is 18.0 Å². The second-order valence-electron chi connectivity index (χ2n) is 5.68. The lowest BCUT2D eigenvalue weighted by molar-refractivity contribution is 0.0942. The summed E-state index contributed by atoms with van der Waals surface area (Å²) in [6.45, 7) is 1.91. The van der Waals surface area contributed by atoms with Gasteiger partial charge in [0, 0.05) is 19.3 Å². The average Bonchev–Trinajstić information content (AvgIpc) is 2.61.